The molecule has 0 bridgehead atoms. The lowest BCUT2D eigenvalue weighted by atomic mass is 10.00. The molecule has 0 spiro atoms. The van der Waals surface area contributed by atoms with Gasteiger partial charge in [0.1, 0.15) is 0 Å². The number of rotatable bonds is 4. The number of hydrogen-bond acceptors (Lipinski definition) is 1. The molecule has 0 heterocycles. The van der Waals surface area contributed by atoms with Gasteiger partial charge >= 0.3 is 0 Å². The molecule has 1 heteroatoms. The lowest BCUT2D eigenvalue weighted by Gasteiger charge is -2.04. The molecule has 0 saturated heterocycles. The van der Waals surface area contributed by atoms with Gasteiger partial charge in [-0.1, -0.05) is 37.6 Å². The summed E-state index contributed by atoms with van der Waals surface area (Å²) < 4.78 is 0. The summed E-state index contributed by atoms with van der Waals surface area (Å²) in [5.74, 6) is 0.142. The van der Waals surface area contributed by atoms with Gasteiger partial charge in [-0.25, -0.2) is 0 Å². The fourth-order valence-electron chi connectivity index (χ4n) is 1.30. The summed E-state index contributed by atoms with van der Waals surface area (Å²) in [7, 11) is 0. The molecule has 0 aliphatic rings. The second kappa shape index (κ2) is 4.80. The first kappa shape index (κ1) is 9.97. The van der Waals surface area contributed by atoms with Crippen LogP contribution >= 0.6 is 0 Å². The smallest absolute Gasteiger partial charge is 0.160 e. The van der Waals surface area contributed by atoms with Crippen LogP contribution in [-0.2, 0) is 0 Å². The van der Waals surface area contributed by atoms with Crippen LogP contribution in [-0.4, -0.2) is 5.78 Å². The Hall–Kier alpha value is -1.11. The van der Waals surface area contributed by atoms with Crippen molar-refractivity contribution in [1.82, 2.24) is 0 Å². The highest BCUT2D eigenvalue weighted by Crippen LogP contribution is 2.14. The number of carbonyl (C=O) groups is 1. The minimum absolute atomic E-state index is 0.142. The van der Waals surface area contributed by atoms with Gasteiger partial charge < -0.3 is 0 Å². The van der Waals surface area contributed by atoms with Crippen molar-refractivity contribution in [3.63, 3.8) is 0 Å². The molecular formula is C12H15O. The van der Waals surface area contributed by atoms with E-state index in [0.717, 1.165) is 24.0 Å². The van der Waals surface area contributed by atoms with Crippen LogP contribution in [0.2, 0.25) is 0 Å². The van der Waals surface area contributed by atoms with Crippen molar-refractivity contribution in [1.29, 1.82) is 0 Å². The molecular weight excluding hydrogens is 160 g/mol. The van der Waals surface area contributed by atoms with Crippen molar-refractivity contribution >= 4 is 5.78 Å². The maximum atomic E-state index is 11.2. The predicted molar refractivity (Wildman–Crippen MR) is 54.8 cm³/mol. The maximum absolute atomic E-state index is 11.2. The second-order valence-corrected chi connectivity index (χ2v) is 3.14. The van der Waals surface area contributed by atoms with Gasteiger partial charge in [0.25, 0.3) is 0 Å². The summed E-state index contributed by atoms with van der Waals surface area (Å²) in [6.07, 6.45) is 4.27. The lowest BCUT2D eigenvalue weighted by Crippen LogP contribution is -1.97. The molecule has 1 nitrogen and oxygen atoms in total. The van der Waals surface area contributed by atoms with E-state index in [1.807, 2.05) is 24.3 Å². The molecule has 69 valence electrons. The molecule has 0 aliphatic heterocycles. The van der Waals surface area contributed by atoms with Gasteiger partial charge in [-0.05, 0) is 25.3 Å². The maximum Gasteiger partial charge on any atom is 0.160 e. The molecule has 0 aliphatic carbocycles. The molecule has 13 heavy (non-hydrogen) atoms. The van der Waals surface area contributed by atoms with Gasteiger partial charge in [0.2, 0.25) is 0 Å². The Labute approximate surface area is 79.8 Å². The Morgan fingerprint density at radius 2 is 2.08 bits per heavy atom. The normalized spacial score (nSPS) is 10.0. The van der Waals surface area contributed by atoms with E-state index in [2.05, 4.69) is 13.3 Å². The van der Waals surface area contributed by atoms with Gasteiger partial charge in [-0.3, -0.25) is 4.79 Å². The van der Waals surface area contributed by atoms with Crippen LogP contribution in [0.5, 0.6) is 0 Å². The fraction of sp³-hybridized carbons (Fsp3) is 0.333. The van der Waals surface area contributed by atoms with E-state index in [4.69, 9.17) is 0 Å². The molecule has 0 saturated carbocycles. The second-order valence-electron chi connectivity index (χ2n) is 3.14. The van der Waals surface area contributed by atoms with Crippen LogP contribution in [0.4, 0.5) is 0 Å². The number of hydrogen-bond donors (Lipinski definition) is 0. The Balaban J connectivity index is 2.84. The van der Waals surface area contributed by atoms with E-state index in [1.165, 1.54) is 0 Å². The van der Waals surface area contributed by atoms with Crippen LogP contribution in [0.1, 0.15) is 42.6 Å². The van der Waals surface area contributed by atoms with Gasteiger partial charge in [-0.15, -0.1) is 0 Å². The number of ketones is 1. The number of benzene rings is 1. The van der Waals surface area contributed by atoms with Crippen LogP contribution in [0.25, 0.3) is 0 Å². The summed E-state index contributed by atoms with van der Waals surface area (Å²) in [4.78, 5) is 11.2. The first-order chi connectivity index (χ1) is 6.25. The van der Waals surface area contributed by atoms with Crippen LogP contribution < -0.4 is 0 Å². The monoisotopic (exact) mass is 175 g/mol. The zero-order valence-corrected chi connectivity index (χ0v) is 8.21. The van der Waals surface area contributed by atoms with E-state index in [-0.39, 0.29) is 5.78 Å². The number of unbranched alkanes of at least 4 members (excludes halogenated alkanes) is 1. The molecule has 0 aromatic heterocycles. The van der Waals surface area contributed by atoms with Crippen molar-refractivity contribution in [2.45, 2.75) is 26.7 Å². The summed E-state index contributed by atoms with van der Waals surface area (Å²) in [6, 6.07) is 7.74. The van der Waals surface area contributed by atoms with Gasteiger partial charge in [0.05, 0.1) is 0 Å². The summed E-state index contributed by atoms with van der Waals surface area (Å²) in [5, 5.41) is 0. The number of Topliss-reactive ketones (excluding diaryl/α,β-unsaturated/α-hetero) is 1. The quantitative estimate of drug-likeness (QED) is 0.642. The molecule has 1 aromatic rings. The van der Waals surface area contributed by atoms with Crippen molar-refractivity contribution < 1.29 is 4.79 Å². The van der Waals surface area contributed by atoms with E-state index in [9.17, 15) is 4.79 Å². The van der Waals surface area contributed by atoms with Crippen molar-refractivity contribution in [2.75, 3.05) is 0 Å². The zero-order chi connectivity index (χ0) is 9.68. The van der Waals surface area contributed by atoms with E-state index in [1.54, 1.807) is 6.92 Å². The first-order valence-electron chi connectivity index (χ1n) is 4.69. The van der Waals surface area contributed by atoms with Gasteiger partial charge in [0, 0.05) is 5.56 Å². The Kier molecular flexibility index (Phi) is 3.69. The highest BCUT2D eigenvalue weighted by molar-refractivity contribution is 5.95. The lowest BCUT2D eigenvalue weighted by molar-refractivity contribution is 0.101. The van der Waals surface area contributed by atoms with Gasteiger partial charge in [-0.2, -0.15) is 0 Å². The minimum atomic E-state index is 0.142. The van der Waals surface area contributed by atoms with Crippen molar-refractivity contribution in [2.24, 2.45) is 0 Å². The largest absolute Gasteiger partial charge is 0.295 e. The molecule has 0 N–H and O–H groups in total. The topological polar surface area (TPSA) is 17.1 Å². The summed E-state index contributed by atoms with van der Waals surface area (Å²) >= 11 is 0. The molecule has 0 unspecified atom stereocenters. The molecule has 1 radical (unpaired) electrons. The van der Waals surface area contributed by atoms with Crippen LogP contribution in [0, 0.1) is 6.42 Å². The van der Waals surface area contributed by atoms with Crippen molar-refractivity contribution in [3.05, 3.63) is 41.8 Å². The number of carbonyl (C=O) groups excluding carboxylic acids is 1. The average molecular weight is 175 g/mol. The highest BCUT2D eigenvalue weighted by atomic mass is 16.1. The molecule has 1 aromatic carbocycles. The van der Waals surface area contributed by atoms with E-state index < -0.39 is 0 Å². The average Bonchev–Trinajstić information content (AvgIpc) is 2.15. The molecule has 0 atom stereocenters. The molecule has 1 rings (SSSR count). The standard InChI is InChI=1S/C12H15O/c1-3-4-7-11-8-5-6-9-12(11)10(2)13/h5-9H,3-4H2,1-2H3. The summed E-state index contributed by atoms with van der Waals surface area (Å²) in [6.45, 7) is 3.74. The fourth-order valence-corrected chi connectivity index (χ4v) is 1.30. The third-order valence-corrected chi connectivity index (χ3v) is 1.99. The van der Waals surface area contributed by atoms with Crippen LogP contribution in [0.3, 0.4) is 0 Å². The van der Waals surface area contributed by atoms with E-state index >= 15 is 0 Å². The Morgan fingerprint density at radius 3 is 2.69 bits per heavy atom. The summed E-state index contributed by atoms with van der Waals surface area (Å²) in [5.41, 5.74) is 1.90. The third kappa shape index (κ3) is 2.69. The van der Waals surface area contributed by atoms with E-state index in [0.29, 0.717) is 0 Å². The molecule has 0 amide bonds. The Bertz CT molecular complexity index is 289. The highest BCUT2D eigenvalue weighted by Gasteiger charge is 2.04. The third-order valence-electron chi connectivity index (χ3n) is 1.99. The van der Waals surface area contributed by atoms with Gasteiger partial charge in [0.15, 0.2) is 5.78 Å². The first-order valence-corrected chi connectivity index (χ1v) is 4.69. The predicted octanol–water partition coefficient (Wildman–Crippen LogP) is 3.24. The molecule has 0 fully saturated rings. The van der Waals surface area contributed by atoms with Crippen molar-refractivity contribution in [3.8, 4) is 0 Å². The Morgan fingerprint density at radius 1 is 1.38 bits per heavy atom. The minimum Gasteiger partial charge on any atom is -0.295 e. The zero-order valence-electron chi connectivity index (χ0n) is 8.21. The SMILES string of the molecule is CCC[CH]c1ccccc1C(C)=O. The van der Waals surface area contributed by atoms with Crippen LogP contribution in [0.15, 0.2) is 24.3 Å².